The number of thiophene rings is 1. The third-order valence-corrected chi connectivity index (χ3v) is 4.62. The normalized spacial score (nSPS) is 14.0. The van der Waals surface area contributed by atoms with Crippen LogP contribution in [-0.2, 0) is 11.2 Å². The summed E-state index contributed by atoms with van der Waals surface area (Å²) in [5.41, 5.74) is 7.53. The maximum absolute atomic E-state index is 6.23. The van der Waals surface area contributed by atoms with Gasteiger partial charge in [0.1, 0.15) is 6.10 Å². The highest BCUT2D eigenvalue weighted by Crippen LogP contribution is 2.28. The lowest BCUT2D eigenvalue weighted by Gasteiger charge is -2.22. The number of nitrogens with zero attached hydrogens (tertiary/aromatic N) is 1. The second-order valence-electron chi connectivity index (χ2n) is 5.27. The Morgan fingerprint density at radius 1 is 1.24 bits per heavy atom. The van der Waals surface area contributed by atoms with Gasteiger partial charge in [-0.05, 0) is 56.0 Å². The quantitative estimate of drug-likeness (QED) is 0.753. The molecule has 2 N–H and O–H groups in total. The van der Waals surface area contributed by atoms with E-state index in [4.69, 9.17) is 10.5 Å². The fourth-order valence-corrected chi connectivity index (χ4v) is 3.28. The Morgan fingerprint density at radius 3 is 2.62 bits per heavy atom. The van der Waals surface area contributed by atoms with Crippen LogP contribution in [0.15, 0.2) is 36.7 Å². The lowest BCUT2D eigenvalue weighted by molar-refractivity contribution is 0.0346. The standard InChI is InChI=1S/C17H24N2OS/c1-3-15(18)17(16-7-6-13(2)21-16)20-12-4-5-14-8-10-19-11-9-14/h6-11,15,17H,3-5,12,18H2,1-2H3. The summed E-state index contributed by atoms with van der Waals surface area (Å²) in [4.78, 5) is 6.58. The number of ether oxygens (including phenoxy) is 1. The fraction of sp³-hybridized carbons (Fsp3) is 0.471. The first-order valence-corrected chi connectivity index (χ1v) is 8.34. The molecule has 4 heteroatoms. The number of rotatable bonds is 8. The van der Waals surface area contributed by atoms with E-state index in [0.29, 0.717) is 0 Å². The lowest BCUT2D eigenvalue weighted by atomic mass is 10.1. The molecule has 2 unspecified atom stereocenters. The number of nitrogens with two attached hydrogens (primary N) is 1. The van der Waals surface area contributed by atoms with Crippen LogP contribution < -0.4 is 5.73 Å². The van der Waals surface area contributed by atoms with Gasteiger partial charge in [0.25, 0.3) is 0 Å². The van der Waals surface area contributed by atoms with Gasteiger partial charge in [-0.1, -0.05) is 6.92 Å². The molecule has 0 saturated carbocycles. The van der Waals surface area contributed by atoms with Crippen LogP contribution >= 0.6 is 11.3 Å². The van der Waals surface area contributed by atoms with Crippen LogP contribution in [0.25, 0.3) is 0 Å². The Hall–Kier alpha value is -1.23. The second-order valence-corrected chi connectivity index (χ2v) is 6.59. The number of hydrogen-bond acceptors (Lipinski definition) is 4. The molecule has 0 bridgehead atoms. The number of aromatic nitrogens is 1. The summed E-state index contributed by atoms with van der Waals surface area (Å²) in [6.45, 7) is 4.96. The van der Waals surface area contributed by atoms with Crippen LogP contribution in [0.2, 0.25) is 0 Å². The van der Waals surface area contributed by atoms with E-state index in [-0.39, 0.29) is 12.1 Å². The maximum atomic E-state index is 6.23. The van der Waals surface area contributed by atoms with Crippen molar-refractivity contribution < 1.29 is 4.74 Å². The van der Waals surface area contributed by atoms with E-state index in [1.807, 2.05) is 12.4 Å². The van der Waals surface area contributed by atoms with Crippen LogP contribution in [-0.4, -0.2) is 17.6 Å². The zero-order valence-electron chi connectivity index (χ0n) is 12.8. The summed E-state index contributed by atoms with van der Waals surface area (Å²) >= 11 is 1.78. The first-order valence-electron chi connectivity index (χ1n) is 7.53. The SMILES string of the molecule is CCC(N)C(OCCCc1ccncc1)c1ccc(C)s1. The largest absolute Gasteiger partial charge is 0.371 e. The van der Waals surface area contributed by atoms with E-state index in [1.165, 1.54) is 15.3 Å². The van der Waals surface area contributed by atoms with E-state index in [1.54, 1.807) is 11.3 Å². The molecule has 0 aromatic carbocycles. The zero-order chi connectivity index (χ0) is 15.1. The monoisotopic (exact) mass is 304 g/mol. The summed E-state index contributed by atoms with van der Waals surface area (Å²) in [5.74, 6) is 0. The third kappa shape index (κ3) is 4.92. The molecule has 0 radical (unpaired) electrons. The first-order chi connectivity index (χ1) is 10.2. The van der Waals surface area contributed by atoms with Gasteiger partial charge in [0.05, 0.1) is 0 Å². The Morgan fingerprint density at radius 2 is 2.00 bits per heavy atom. The molecule has 2 rings (SSSR count). The average Bonchev–Trinajstić information content (AvgIpc) is 2.94. The van der Waals surface area contributed by atoms with Gasteiger partial charge in [-0.2, -0.15) is 0 Å². The smallest absolute Gasteiger partial charge is 0.107 e. The molecule has 2 heterocycles. The topological polar surface area (TPSA) is 48.1 Å². The zero-order valence-corrected chi connectivity index (χ0v) is 13.6. The number of hydrogen-bond donors (Lipinski definition) is 1. The summed E-state index contributed by atoms with van der Waals surface area (Å²) in [5, 5.41) is 0. The molecule has 3 nitrogen and oxygen atoms in total. The molecule has 2 aromatic heterocycles. The molecular weight excluding hydrogens is 280 g/mol. The molecule has 2 aromatic rings. The van der Waals surface area contributed by atoms with Crippen LogP contribution in [0.3, 0.4) is 0 Å². The van der Waals surface area contributed by atoms with Crippen LogP contribution in [0.5, 0.6) is 0 Å². The van der Waals surface area contributed by atoms with Crippen molar-refractivity contribution in [3.8, 4) is 0 Å². The number of pyridine rings is 1. The van der Waals surface area contributed by atoms with Gasteiger partial charge in [-0.3, -0.25) is 4.98 Å². The summed E-state index contributed by atoms with van der Waals surface area (Å²) in [6, 6.07) is 8.44. The molecule has 0 saturated heterocycles. The van der Waals surface area contributed by atoms with Gasteiger partial charge in [0, 0.05) is 34.8 Å². The van der Waals surface area contributed by atoms with Gasteiger partial charge in [-0.15, -0.1) is 11.3 Å². The summed E-state index contributed by atoms with van der Waals surface area (Å²) < 4.78 is 6.09. The molecular formula is C17H24N2OS. The molecule has 0 spiro atoms. The van der Waals surface area contributed by atoms with Crippen LogP contribution in [0, 0.1) is 6.92 Å². The van der Waals surface area contributed by atoms with Crippen molar-refractivity contribution in [2.75, 3.05) is 6.61 Å². The highest BCUT2D eigenvalue weighted by molar-refractivity contribution is 7.12. The van der Waals surface area contributed by atoms with Gasteiger partial charge in [0.2, 0.25) is 0 Å². The highest BCUT2D eigenvalue weighted by atomic mass is 32.1. The van der Waals surface area contributed by atoms with E-state index < -0.39 is 0 Å². The van der Waals surface area contributed by atoms with Crippen molar-refractivity contribution in [2.45, 2.75) is 45.3 Å². The average molecular weight is 304 g/mol. The first kappa shape index (κ1) is 16.1. The van der Waals surface area contributed by atoms with Crippen molar-refractivity contribution in [3.63, 3.8) is 0 Å². The van der Waals surface area contributed by atoms with E-state index in [9.17, 15) is 0 Å². The molecule has 0 amide bonds. The van der Waals surface area contributed by atoms with E-state index in [2.05, 4.69) is 43.1 Å². The van der Waals surface area contributed by atoms with Crippen molar-refractivity contribution >= 4 is 11.3 Å². The Labute approximate surface area is 131 Å². The highest BCUT2D eigenvalue weighted by Gasteiger charge is 2.20. The molecule has 114 valence electrons. The predicted molar refractivity (Wildman–Crippen MR) is 88.6 cm³/mol. The van der Waals surface area contributed by atoms with Gasteiger partial charge in [0.15, 0.2) is 0 Å². The van der Waals surface area contributed by atoms with Gasteiger partial charge >= 0.3 is 0 Å². The molecule has 0 aliphatic rings. The lowest BCUT2D eigenvalue weighted by Crippen LogP contribution is -2.29. The third-order valence-electron chi connectivity index (χ3n) is 3.56. The summed E-state index contributed by atoms with van der Waals surface area (Å²) in [6.07, 6.45) is 6.62. The van der Waals surface area contributed by atoms with Crippen LogP contribution in [0.1, 0.15) is 41.2 Å². The van der Waals surface area contributed by atoms with Gasteiger partial charge < -0.3 is 10.5 Å². The molecule has 2 atom stereocenters. The minimum atomic E-state index is 0.0196. The fourth-order valence-electron chi connectivity index (χ4n) is 2.27. The summed E-state index contributed by atoms with van der Waals surface area (Å²) in [7, 11) is 0. The van der Waals surface area contributed by atoms with E-state index >= 15 is 0 Å². The Kier molecular flexibility index (Phi) is 6.36. The minimum Gasteiger partial charge on any atom is -0.371 e. The van der Waals surface area contributed by atoms with E-state index in [0.717, 1.165) is 25.9 Å². The van der Waals surface area contributed by atoms with Crippen molar-refractivity contribution in [1.82, 2.24) is 4.98 Å². The maximum Gasteiger partial charge on any atom is 0.107 e. The molecule has 0 aliphatic heterocycles. The van der Waals surface area contributed by atoms with Gasteiger partial charge in [-0.25, -0.2) is 0 Å². The molecule has 0 aliphatic carbocycles. The van der Waals surface area contributed by atoms with Crippen molar-refractivity contribution in [2.24, 2.45) is 5.73 Å². The minimum absolute atomic E-state index is 0.0196. The molecule has 21 heavy (non-hydrogen) atoms. The van der Waals surface area contributed by atoms with Crippen molar-refractivity contribution in [3.05, 3.63) is 52.0 Å². The van der Waals surface area contributed by atoms with Crippen molar-refractivity contribution in [1.29, 1.82) is 0 Å². The Balaban J connectivity index is 1.85. The predicted octanol–water partition coefficient (Wildman–Crippen LogP) is 3.88. The Bertz CT molecular complexity index is 527. The second kappa shape index (κ2) is 8.27. The number of aryl methyl sites for hydroxylation is 2. The van der Waals surface area contributed by atoms with Crippen LogP contribution in [0.4, 0.5) is 0 Å². The molecule has 0 fully saturated rings.